The van der Waals surface area contributed by atoms with Gasteiger partial charge >= 0.3 is 0 Å². The van der Waals surface area contributed by atoms with Crippen LogP contribution in [0.25, 0.3) is 0 Å². The molecule has 0 fully saturated rings. The number of hydrogen-bond donors (Lipinski definition) is 1. The van der Waals surface area contributed by atoms with Crippen molar-refractivity contribution in [1.82, 2.24) is 5.32 Å². The Hall–Kier alpha value is -0.530. The van der Waals surface area contributed by atoms with E-state index in [9.17, 15) is 0 Å². The molecule has 1 atom stereocenters. The molecule has 0 aromatic heterocycles. The lowest BCUT2D eigenvalue weighted by Crippen LogP contribution is -2.16. The van der Waals surface area contributed by atoms with Crippen LogP contribution < -0.4 is 5.32 Å². The van der Waals surface area contributed by atoms with Gasteiger partial charge in [0.05, 0.1) is 0 Å². The summed E-state index contributed by atoms with van der Waals surface area (Å²) in [6.45, 7) is 4.27. The van der Waals surface area contributed by atoms with Crippen molar-refractivity contribution in [2.75, 3.05) is 7.05 Å². The first-order valence-electron chi connectivity index (χ1n) is 4.62. The van der Waals surface area contributed by atoms with Gasteiger partial charge in [0.25, 0.3) is 0 Å². The first-order valence-corrected chi connectivity index (χ1v) is 5.00. The maximum Gasteiger partial charge on any atom is 0.0408 e. The van der Waals surface area contributed by atoms with Crippen molar-refractivity contribution in [3.8, 4) is 0 Å². The minimum atomic E-state index is 0.442. The number of hydrogen-bond acceptors (Lipinski definition) is 1. The lowest BCUT2D eigenvalue weighted by atomic mass is 10.00. The SMILES string of the molecule is CCC(NC)c1ccc(Cl)cc1C. The summed E-state index contributed by atoms with van der Waals surface area (Å²) in [6.07, 6.45) is 1.10. The van der Waals surface area contributed by atoms with E-state index in [2.05, 4.69) is 25.2 Å². The molecule has 0 bridgehead atoms. The third-order valence-corrected chi connectivity index (χ3v) is 2.60. The molecular weight excluding hydrogens is 182 g/mol. The maximum absolute atomic E-state index is 5.89. The van der Waals surface area contributed by atoms with Crippen LogP contribution in [0.2, 0.25) is 5.02 Å². The average Bonchev–Trinajstić information content (AvgIpc) is 2.10. The highest BCUT2D eigenvalue weighted by molar-refractivity contribution is 6.30. The van der Waals surface area contributed by atoms with Gasteiger partial charge in [-0.25, -0.2) is 0 Å². The van der Waals surface area contributed by atoms with Crippen molar-refractivity contribution in [2.45, 2.75) is 26.3 Å². The van der Waals surface area contributed by atoms with Crippen molar-refractivity contribution in [3.05, 3.63) is 34.3 Å². The van der Waals surface area contributed by atoms with E-state index in [1.54, 1.807) is 0 Å². The second-order valence-electron chi connectivity index (χ2n) is 3.25. The first-order chi connectivity index (χ1) is 6.19. The minimum absolute atomic E-state index is 0.442. The molecule has 0 saturated heterocycles. The summed E-state index contributed by atoms with van der Waals surface area (Å²) in [6, 6.07) is 6.50. The third kappa shape index (κ3) is 2.45. The average molecular weight is 198 g/mol. The van der Waals surface area contributed by atoms with Gasteiger partial charge in [0.2, 0.25) is 0 Å². The van der Waals surface area contributed by atoms with E-state index in [0.29, 0.717) is 6.04 Å². The molecule has 1 aromatic carbocycles. The molecule has 0 radical (unpaired) electrons. The van der Waals surface area contributed by atoms with Crippen molar-refractivity contribution in [3.63, 3.8) is 0 Å². The lowest BCUT2D eigenvalue weighted by molar-refractivity contribution is 0.574. The molecule has 1 rings (SSSR count). The summed E-state index contributed by atoms with van der Waals surface area (Å²) in [5.41, 5.74) is 2.60. The fourth-order valence-corrected chi connectivity index (χ4v) is 1.84. The second-order valence-corrected chi connectivity index (χ2v) is 3.69. The van der Waals surface area contributed by atoms with Gasteiger partial charge < -0.3 is 5.32 Å². The fraction of sp³-hybridized carbons (Fsp3) is 0.455. The molecule has 0 aliphatic carbocycles. The molecule has 1 aromatic rings. The molecule has 2 heteroatoms. The second kappa shape index (κ2) is 4.64. The van der Waals surface area contributed by atoms with E-state index in [4.69, 9.17) is 11.6 Å². The van der Waals surface area contributed by atoms with E-state index in [0.717, 1.165) is 11.4 Å². The Kier molecular flexibility index (Phi) is 3.76. The van der Waals surface area contributed by atoms with Crippen LogP contribution in [0.15, 0.2) is 18.2 Å². The third-order valence-electron chi connectivity index (χ3n) is 2.36. The quantitative estimate of drug-likeness (QED) is 0.784. The van der Waals surface area contributed by atoms with Crippen LogP contribution in [-0.2, 0) is 0 Å². The molecule has 0 saturated carbocycles. The molecule has 1 nitrogen and oxygen atoms in total. The summed E-state index contributed by atoms with van der Waals surface area (Å²) in [5.74, 6) is 0. The van der Waals surface area contributed by atoms with Crippen LogP contribution in [0.4, 0.5) is 0 Å². The van der Waals surface area contributed by atoms with Crippen molar-refractivity contribution >= 4 is 11.6 Å². The number of benzene rings is 1. The summed E-state index contributed by atoms with van der Waals surface area (Å²) >= 11 is 5.89. The Morgan fingerprint density at radius 1 is 1.46 bits per heavy atom. The Bertz CT molecular complexity index is 279. The van der Waals surface area contributed by atoms with Crippen molar-refractivity contribution in [2.24, 2.45) is 0 Å². The predicted molar refractivity (Wildman–Crippen MR) is 58.3 cm³/mol. The molecular formula is C11H16ClN. The largest absolute Gasteiger partial charge is 0.313 e. The normalized spacial score (nSPS) is 12.9. The molecule has 13 heavy (non-hydrogen) atoms. The van der Waals surface area contributed by atoms with Gasteiger partial charge in [-0.1, -0.05) is 24.6 Å². The zero-order valence-electron chi connectivity index (χ0n) is 8.39. The van der Waals surface area contributed by atoms with Crippen molar-refractivity contribution in [1.29, 1.82) is 0 Å². The van der Waals surface area contributed by atoms with Gasteiger partial charge in [-0.2, -0.15) is 0 Å². The Morgan fingerprint density at radius 3 is 2.62 bits per heavy atom. The van der Waals surface area contributed by atoms with E-state index in [1.807, 2.05) is 19.2 Å². The van der Waals surface area contributed by atoms with Gasteiger partial charge in [0.1, 0.15) is 0 Å². The highest BCUT2D eigenvalue weighted by Crippen LogP contribution is 2.22. The van der Waals surface area contributed by atoms with Gasteiger partial charge in [-0.05, 0) is 43.7 Å². The Labute approximate surface area is 85.1 Å². The van der Waals surface area contributed by atoms with Gasteiger partial charge in [0, 0.05) is 11.1 Å². The molecule has 1 unspecified atom stereocenters. The van der Waals surface area contributed by atoms with Gasteiger partial charge in [0.15, 0.2) is 0 Å². The number of nitrogens with one attached hydrogen (secondary N) is 1. The van der Waals surface area contributed by atoms with Gasteiger partial charge in [-0.3, -0.25) is 0 Å². The standard InChI is InChI=1S/C11H16ClN/c1-4-11(13-3)10-6-5-9(12)7-8(10)2/h5-7,11,13H,4H2,1-3H3. The molecule has 72 valence electrons. The van der Waals surface area contributed by atoms with E-state index < -0.39 is 0 Å². The van der Waals surface area contributed by atoms with Crippen molar-refractivity contribution < 1.29 is 0 Å². The Morgan fingerprint density at radius 2 is 2.15 bits per heavy atom. The molecule has 0 heterocycles. The topological polar surface area (TPSA) is 12.0 Å². The van der Waals surface area contributed by atoms with Crippen LogP contribution in [-0.4, -0.2) is 7.05 Å². The zero-order valence-corrected chi connectivity index (χ0v) is 9.15. The molecule has 1 N–H and O–H groups in total. The number of halogens is 1. The molecule has 0 aliphatic heterocycles. The van der Waals surface area contributed by atoms with E-state index >= 15 is 0 Å². The molecule has 0 aliphatic rings. The summed E-state index contributed by atoms with van der Waals surface area (Å²) in [7, 11) is 1.99. The van der Waals surface area contributed by atoms with E-state index in [-0.39, 0.29) is 0 Å². The van der Waals surface area contributed by atoms with Gasteiger partial charge in [-0.15, -0.1) is 0 Å². The molecule has 0 amide bonds. The summed E-state index contributed by atoms with van der Waals surface area (Å²) < 4.78 is 0. The lowest BCUT2D eigenvalue weighted by Gasteiger charge is -2.16. The summed E-state index contributed by atoms with van der Waals surface area (Å²) in [5, 5.41) is 4.10. The highest BCUT2D eigenvalue weighted by atomic mass is 35.5. The first kappa shape index (κ1) is 10.6. The molecule has 0 spiro atoms. The fourth-order valence-electron chi connectivity index (χ4n) is 1.61. The highest BCUT2D eigenvalue weighted by Gasteiger charge is 2.08. The Balaban J connectivity index is 2.99. The minimum Gasteiger partial charge on any atom is -0.313 e. The van der Waals surface area contributed by atoms with Crippen LogP contribution in [0.5, 0.6) is 0 Å². The number of rotatable bonds is 3. The smallest absolute Gasteiger partial charge is 0.0408 e. The summed E-state index contributed by atoms with van der Waals surface area (Å²) in [4.78, 5) is 0. The predicted octanol–water partition coefficient (Wildman–Crippen LogP) is 3.32. The monoisotopic (exact) mass is 197 g/mol. The van der Waals surface area contributed by atoms with Crippen LogP contribution >= 0.6 is 11.6 Å². The van der Waals surface area contributed by atoms with Crippen LogP contribution in [0.3, 0.4) is 0 Å². The number of aryl methyl sites for hydroxylation is 1. The van der Waals surface area contributed by atoms with E-state index in [1.165, 1.54) is 11.1 Å². The van der Waals surface area contributed by atoms with Crippen LogP contribution in [0.1, 0.15) is 30.5 Å². The maximum atomic E-state index is 5.89. The van der Waals surface area contributed by atoms with Crippen LogP contribution in [0, 0.1) is 6.92 Å². The zero-order chi connectivity index (χ0) is 9.84.